The van der Waals surface area contributed by atoms with Crippen molar-refractivity contribution in [1.82, 2.24) is 24.8 Å². The summed E-state index contributed by atoms with van der Waals surface area (Å²) in [7, 11) is 1.67. The van der Waals surface area contributed by atoms with E-state index < -0.39 is 5.54 Å². The Labute approximate surface area is 234 Å². The smallest absolute Gasteiger partial charge is 0.231 e. The number of aromatic amines is 1. The molecule has 1 saturated carbocycles. The number of likely N-dealkylation sites (tertiary alicyclic amines) is 1. The van der Waals surface area contributed by atoms with Crippen LogP contribution in [0.15, 0.2) is 24.5 Å². The minimum Gasteiger partial charge on any atom is -0.494 e. The fourth-order valence-electron chi connectivity index (χ4n) is 7.03. The normalized spacial score (nSPS) is 22.6. The molecule has 4 heterocycles. The summed E-state index contributed by atoms with van der Waals surface area (Å²) in [4.78, 5) is 32.9. The summed E-state index contributed by atoms with van der Waals surface area (Å²) in [6, 6.07) is 6.55. The van der Waals surface area contributed by atoms with E-state index in [0.717, 1.165) is 87.3 Å². The van der Waals surface area contributed by atoms with Crippen LogP contribution < -0.4 is 20.3 Å². The lowest BCUT2D eigenvalue weighted by atomic mass is 9.76. The number of aliphatic hydroxyl groups excluding tert-OH is 1. The Morgan fingerprint density at radius 3 is 2.70 bits per heavy atom. The number of aliphatic hydroxyl groups is 1. The van der Waals surface area contributed by atoms with Crippen molar-refractivity contribution in [3.05, 3.63) is 24.5 Å². The van der Waals surface area contributed by atoms with Gasteiger partial charge in [0.15, 0.2) is 11.5 Å². The number of methoxy groups -OCH3 is 1. The zero-order valence-electron chi connectivity index (χ0n) is 23.2. The third-order valence-electron chi connectivity index (χ3n) is 9.27. The summed E-state index contributed by atoms with van der Waals surface area (Å²) < 4.78 is 5.78. The SMILES string of the molecule is COc1cc(N2CCC([C@]3(CO)CCCN3C=O)CC2)ccc1Nc1nc(NC2CCCCC2)c2[nH]cnc2n1. The topological polar surface area (TPSA) is 132 Å². The van der Waals surface area contributed by atoms with Gasteiger partial charge in [0.05, 0.1) is 31.3 Å². The number of nitrogens with zero attached hydrogens (tertiary/aromatic N) is 5. The zero-order valence-corrected chi connectivity index (χ0v) is 23.2. The molecule has 1 atom stereocenters. The molecule has 214 valence electrons. The van der Waals surface area contributed by atoms with Crippen LogP contribution in [-0.2, 0) is 4.79 Å². The summed E-state index contributed by atoms with van der Waals surface area (Å²) >= 11 is 0. The number of piperidine rings is 1. The van der Waals surface area contributed by atoms with Crippen LogP contribution in [0.25, 0.3) is 11.2 Å². The summed E-state index contributed by atoms with van der Waals surface area (Å²) in [6.45, 7) is 2.51. The number of ether oxygens (including phenoxy) is 1. The molecule has 3 fully saturated rings. The quantitative estimate of drug-likeness (QED) is 0.292. The highest BCUT2D eigenvalue weighted by molar-refractivity contribution is 5.84. The van der Waals surface area contributed by atoms with Gasteiger partial charge in [-0.1, -0.05) is 19.3 Å². The van der Waals surface area contributed by atoms with Crippen LogP contribution in [-0.4, -0.2) is 81.3 Å². The van der Waals surface area contributed by atoms with Gasteiger partial charge in [-0.25, -0.2) is 4.98 Å². The molecule has 1 aromatic carbocycles. The van der Waals surface area contributed by atoms with E-state index >= 15 is 0 Å². The molecule has 11 heteroatoms. The van der Waals surface area contributed by atoms with Gasteiger partial charge in [-0.3, -0.25) is 4.79 Å². The molecule has 0 bridgehead atoms. The average molecular weight is 549 g/mol. The highest BCUT2D eigenvalue weighted by atomic mass is 16.5. The zero-order chi connectivity index (χ0) is 27.5. The molecule has 0 radical (unpaired) electrons. The molecular weight excluding hydrogens is 508 g/mol. The Hall–Kier alpha value is -3.60. The van der Waals surface area contributed by atoms with Crippen molar-refractivity contribution in [2.45, 2.75) is 69.4 Å². The van der Waals surface area contributed by atoms with Crippen molar-refractivity contribution in [1.29, 1.82) is 0 Å². The predicted octanol–water partition coefficient (Wildman–Crippen LogP) is 4.05. The standard InChI is InChI=1S/C29H40N8O3/c1-40-24-16-22(36-14-10-20(11-15-36)29(17-38)12-5-13-37(29)19-39)8-9-23(24)33-28-34-26-25(30-18-31-26)27(35-28)32-21-6-3-2-4-7-21/h8-9,16,18-21,38H,2-7,10-15,17H2,1H3,(H3,30,31,32,33,34,35)/t29-/m1/s1. The molecule has 2 saturated heterocycles. The van der Waals surface area contributed by atoms with E-state index in [1.807, 2.05) is 17.0 Å². The molecule has 1 aliphatic carbocycles. The lowest BCUT2D eigenvalue weighted by Crippen LogP contribution is -2.55. The second kappa shape index (κ2) is 11.5. The minimum atomic E-state index is -0.403. The number of amides is 1. The number of H-pyrrole nitrogens is 1. The number of hydrogen-bond donors (Lipinski definition) is 4. The van der Waals surface area contributed by atoms with Gasteiger partial charge in [0.1, 0.15) is 11.3 Å². The monoisotopic (exact) mass is 548 g/mol. The van der Waals surface area contributed by atoms with Crippen LogP contribution in [0, 0.1) is 5.92 Å². The minimum absolute atomic E-state index is 0.0363. The van der Waals surface area contributed by atoms with Crippen LogP contribution >= 0.6 is 0 Å². The summed E-state index contributed by atoms with van der Waals surface area (Å²) in [6.07, 6.45) is 12.3. The van der Waals surface area contributed by atoms with Crippen molar-refractivity contribution < 1.29 is 14.6 Å². The maximum atomic E-state index is 11.7. The maximum Gasteiger partial charge on any atom is 0.231 e. The Kier molecular flexibility index (Phi) is 7.64. The number of anilines is 4. The second-order valence-electron chi connectivity index (χ2n) is 11.4. The number of rotatable bonds is 9. The average Bonchev–Trinajstić information content (AvgIpc) is 3.66. The van der Waals surface area contributed by atoms with Crippen LogP contribution in [0.5, 0.6) is 5.75 Å². The molecule has 0 spiro atoms. The molecule has 1 amide bonds. The van der Waals surface area contributed by atoms with Crippen LogP contribution in [0.3, 0.4) is 0 Å². The van der Waals surface area contributed by atoms with Gasteiger partial charge in [-0.05, 0) is 56.6 Å². The van der Waals surface area contributed by atoms with E-state index in [0.29, 0.717) is 29.3 Å². The molecule has 0 unspecified atom stereocenters. The molecule has 6 rings (SSSR count). The van der Waals surface area contributed by atoms with E-state index in [2.05, 4.69) is 36.6 Å². The molecule has 4 N–H and O–H groups in total. The molecule has 3 aromatic rings. The fraction of sp³-hybridized carbons (Fsp3) is 0.586. The summed E-state index contributed by atoms with van der Waals surface area (Å²) in [5, 5.41) is 17.2. The highest BCUT2D eigenvalue weighted by Crippen LogP contribution is 2.41. The number of nitrogens with one attached hydrogen (secondary N) is 3. The van der Waals surface area contributed by atoms with Gasteiger partial charge in [0, 0.05) is 37.4 Å². The van der Waals surface area contributed by atoms with E-state index in [1.54, 1.807) is 13.4 Å². The molecule has 40 heavy (non-hydrogen) atoms. The Balaban J connectivity index is 1.17. The number of carbonyl (C=O) groups is 1. The number of carbonyl (C=O) groups excluding carboxylic acids is 1. The van der Waals surface area contributed by atoms with Gasteiger partial charge in [-0.2, -0.15) is 9.97 Å². The van der Waals surface area contributed by atoms with Crippen LogP contribution in [0.1, 0.15) is 57.8 Å². The Morgan fingerprint density at radius 2 is 1.95 bits per heavy atom. The highest BCUT2D eigenvalue weighted by Gasteiger charge is 2.47. The summed E-state index contributed by atoms with van der Waals surface area (Å²) in [5.74, 6) is 2.25. The Bertz CT molecular complexity index is 1320. The van der Waals surface area contributed by atoms with Crippen molar-refractivity contribution in [3.8, 4) is 5.75 Å². The van der Waals surface area contributed by atoms with Crippen LogP contribution in [0.4, 0.5) is 23.1 Å². The van der Waals surface area contributed by atoms with Crippen molar-refractivity contribution >= 4 is 40.7 Å². The fourth-order valence-corrected chi connectivity index (χ4v) is 7.03. The lowest BCUT2D eigenvalue weighted by Gasteiger charge is -2.46. The number of benzene rings is 1. The van der Waals surface area contributed by atoms with Gasteiger partial charge in [-0.15, -0.1) is 0 Å². The molecular formula is C29H40N8O3. The Morgan fingerprint density at radius 1 is 1.12 bits per heavy atom. The van der Waals surface area contributed by atoms with Crippen molar-refractivity contribution in [3.63, 3.8) is 0 Å². The van der Waals surface area contributed by atoms with Crippen molar-refractivity contribution in [2.24, 2.45) is 5.92 Å². The lowest BCUT2D eigenvalue weighted by molar-refractivity contribution is -0.126. The van der Waals surface area contributed by atoms with Gasteiger partial charge >= 0.3 is 0 Å². The second-order valence-corrected chi connectivity index (χ2v) is 11.4. The first-order valence-electron chi connectivity index (χ1n) is 14.6. The molecule has 3 aliphatic rings. The van der Waals surface area contributed by atoms with Crippen molar-refractivity contribution in [2.75, 3.05) is 48.9 Å². The van der Waals surface area contributed by atoms with E-state index in [9.17, 15) is 9.90 Å². The van der Waals surface area contributed by atoms with Gasteiger partial charge < -0.3 is 35.3 Å². The third kappa shape index (κ3) is 5.02. The first-order chi connectivity index (χ1) is 19.6. The summed E-state index contributed by atoms with van der Waals surface area (Å²) in [5.41, 5.74) is 2.90. The third-order valence-corrected chi connectivity index (χ3v) is 9.27. The first-order valence-corrected chi connectivity index (χ1v) is 14.6. The number of imidazole rings is 1. The van der Waals surface area contributed by atoms with Gasteiger partial charge in [0.25, 0.3) is 0 Å². The maximum absolute atomic E-state index is 11.7. The van der Waals surface area contributed by atoms with E-state index in [1.165, 1.54) is 19.3 Å². The number of fused-ring (bicyclic) bond motifs is 1. The van der Waals surface area contributed by atoms with E-state index in [4.69, 9.17) is 9.72 Å². The first kappa shape index (κ1) is 26.6. The molecule has 2 aliphatic heterocycles. The largest absolute Gasteiger partial charge is 0.494 e. The number of hydrogen-bond acceptors (Lipinski definition) is 9. The van der Waals surface area contributed by atoms with Gasteiger partial charge in [0.2, 0.25) is 12.4 Å². The van der Waals surface area contributed by atoms with E-state index in [-0.39, 0.29) is 6.61 Å². The number of aromatic nitrogens is 4. The molecule has 2 aromatic heterocycles. The predicted molar refractivity (Wildman–Crippen MR) is 155 cm³/mol. The van der Waals surface area contributed by atoms with Crippen LogP contribution in [0.2, 0.25) is 0 Å². The molecule has 11 nitrogen and oxygen atoms in total.